The third kappa shape index (κ3) is 2.70. The molecule has 108 valence electrons. The van der Waals surface area contributed by atoms with Gasteiger partial charge in [0.05, 0.1) is 16.9 Å². The smallest absolute Gasteiger partial charge is 0.257 e. The Bertz CT molecular complexity index is 694. The van der Waals surface area contributed by atoms with E-state index >= 15 is 0 Å². The van der Waals surface area contributed by atoms with E-state index in [-0.39, 0.29) is 5.91 Å². The monoisotopic (exact) mass is 281 g/mol. The van der Waals surface area contributed by atoms with Crippen molar-refractivity contribution in [3.63, 3.8) is 0 Å². The van der Waals surface area contributed by atoms with E-state index in [4.69, 9.17) is 0 Å². The Labute approximate surface area is 124 Å². The van der Waals surface area contributed by atoms with E-state index in [0.29, 0.717) is 5.56 Å². The van der Waals surface area contributed by atoms with Crippen LogP contribution in [0.25, 0.3) is 0 Å². The normalized spacial score (nSPS) is 12.9. The van der Waals surface area contributed by atoms with Gasteiger partial charge in [0, 0.05) is 18.8 Å². The highest BCUT2D eigenvalue weighted by molar-refractivity contribution is 6.10. The molecule has 0 saturated heterocycles. The summed E-state index contributed by atoms with van der Waals surface area (Å²) in [4.78, 5) is 12.5. The maximum atomic E-state index is 12.5. The first-order chi connectivity index (χ1) is 10.1. The summed E-state index contributed by atoms with van der Waals surface area (Å²) in [5.74, 6) is -0.0880. The van der Waals surface area contributed by atoms with Crippen molar-refractivity contribution in [1.29, 1.82) is 0 Å². The highest BCUT2D eigenvalue weighted by Crippen LogP contribution is 2.29. The third-order valence-electron chi connectivity index (χ3n) is 3.68. The summed E-state index contributed by atoms with van der Waals surface area (Å²) in [5, 5.41) is 9.59. The number of amides is 1. The number of hydrogen-bond donors (Lipinski definition) is 3. The van der Waals surface area contributed by atoms with E-state index < -0.39 is 0 Å². The number of carbonyl (C=O) groups is 1. The molecule has 1 amide bonds. The van der Waals surface area contributed by atoms with Gasteiger partial charge in [0.15, 0.2) is 0 Å². The first kappa shape index (κ1) is 13.5. The number of aryl methyl sites for hydroxylation is 2. The zero-order valence-electron chi connectivity index (χ0n) is 12.3. The molecule has 0 saturated carbocycles. The van der Waals surface area contributed by atoms with E-state index in [1.807, 2.05) is 44.2 Å². The Morgan fingerprint density at radius 3 is 2.71 bits per heavy atom. The predicted molar refractivity (Wildman–Crippen MR) is 87.3 cm³/mol. The van der Waals surface area contributed by atoms with Gasteiger partial charge in [0.2, 0.25) is 0 Å². The van der Waals surface area contributed by atoms with E-state index in [1.165, 1.54) is 5.56 Å². The number of para-hydroxylation sites is 1. The number of benzene rings is 2. The minimum absolute atomic E-state index is 0.0880. The molecule has 0 fully saturated rings. The number of rotatable bonds is 2. The fourth-order valence-corrected chi connectivity index (χ4v) is 2.61. The maximum Gasteiger partial charge on any atom is 0.257 e. The lowest BCUT2D eigenvalue weighted by Crippen LogP contribution is -2.24. The molecule has 0 atom stereocenters. The van der Waals surface area contributed by atoms with Crippen molar-refractivity contribution >= 4 is 23.0 Å². The molecule has 1 aliphatic heterocycles. The van der Waals surface area contributed by atoms with Crippen LogP contribution in [0.1, 0.15) is 21.5 Å². The fraction of sp³-hybridized carbons (Fsp3) is 0.235. The summed E-state index contributed by atoms with van der Waals surface area (Å²) >= 11 is 0. The number of anilines is 3. The second-order valence-corrected chi connectivity index (χ2v) is 5.35. The minimum Gasteiger partial charge on any atom is -0.382 e. The van der Waals surface area contributed by atoms with Crippen LogP contribution in [0.5, 0.6) is 0 Å². The number of fused-ring (bicyclic) bond motifs is 1. The van der Waals surface area contributed by atoms with Crippen LogP contribution in [0.4, 0.5) is 17.1 Å². The third-order valence-corrected chi connectivity index (χ3v) is 3.68. The average Bonchev–Trinajstić information content (AvgIpc) is 2.49. The lowest BCUT2D eigenvalue weighted by Gasteiger charge is -2.22. The molecule has 3 N–H and O–H groups in total. The predicted octanol–water partition coefficient (Wildman–Crippen LogP) is 3.39. The second kappa shape index (κ2) is 5.48. The number of nitrogens with one attached hydrogen (secondary N) is 3. The van der Waals surface area contributed by atoms with Crippen LogP contribution < -0.4 is 16.0 Å². The van der Waals surface area contributed by atoms with Crippen molar-refractivity contribution in [2.75, 3.05) is 29.0 Å². The van der Waals surface area contributed by atoms with Crippen molar-refractivity contribution in [3.8, 4) is 0 Å². The van der Waals surface area contributed by atoms with Gasteiger partial charge in [0.1, 0.15) is 0 Å². The molecule has 2 aromatic carbocycles. The van der Waals surface area contributed by atoms with Gasteiger partial charge in [0.25, 0.3) is 5.91 Å². The molecule has 0 unspecified atom stereocenters. The molecule has 0 radical (unpaired) electrons. The van der Waals surface area contributed by atoms with Crippen LogP contribution in [-0.2, 0) is 0 Å². The Balaban J connectivity index is 1.89. The quantitative estimate of drug-likeness (QED) is 0.791. The van der Waals surface area contributed by atoms with Gasteiger partial charge in [-0.3, -0.25) is 4.79 Å². The molecular weight excluding hydrogens is 262 g/mol. The molecule has 3 rings (SSSR count). The fourth-order valence-electron chi connectivity index (χ4n) is 2.61. The molecule has 2 aromatic rings. The molecule has 1 heterocycles. The Morgan fingerprint density at radius 2 is 1.90 bits per heavy atom. The molecule has 0 aromatic heterocycles. The van der Waals surface area contributed by atoms with Crippen molar-refractivity contribution in [3.05, 3.63) is 53.1 Å². The minimum atomic E-state index is -0.0880. The van der Waals surface area contributed by atoms with Crippen molar-refractivity contribution in [2.45, 2.75) is 13.8 Å². The summed E-state index contributed by atoms with van der Waals surface area (Å²) in [6, 6.07) is 11.7. The lowest BCUT2D eigenvalue weighted by molar-refractivity contribution is 0.102. The highest BCUT2D eigenvalue weighted by atomic mass is 16.1. The summed E-state index contributed by atoms with van der Waals surface area (Å²) < 4.78 is 0. The largest absolute Gasteiger partial charge is 0.382 e. The molecule has 0 bridgehead atoms. The average molecular weight is 281 g/mol. The second-order valence-electron chi connectivity index (χ2n) is 5.35. The molecule has 4 heteroatoms. The highest BCUT2D eigenvalue weighted by Gasteiger charge is 2.17. The van der Waals surface area contributed by atoms with E-state index in [2.05, 4.69) is 22.0 Å². The summed E-state index contributed by atoms with van der Waals surface area (Å²) in [6.45, 7) is 5.74. The number of hydrogen-bond acceptors (Lipinski definition) is 3. The Kier molecular flexibility index (Phi) is 3.52. The van der Waals surface area contributed by atoms with Crippen LogP contribution in [0.3, 0.4) is 0 Å². The van der Waals surface area contributed by atoms with Crippen molar-refractivity contribution in [2.24, 2.45) is 0 Å². The topological polar surface area (TPSA) is 53.2 Å². The molecule has 21 heavy (non-hydrogen) atoms. The Morgan fingerprint density at radius 1 is 1.10 bits per heavy atom. The van der Waals surface area contributed by atoms with Gasteiger partial charge in [-0.2, -0.15) is 0 Å². The van der Waals surface area contributed by atoms with Gasteiger partial charge in [-0.1, -0.05) is 23.8 Å². The molecular formula is C17H19N3O. The van der Waals surface area contributed by atoms with E-state index in [1.54, 1.807) is 0 Å². The first-order valence-corrected chi connectivity index (χ1v) is 7.14. The van der Waals surface area contributed by atoms with Crippen LogP contribution in [-0.4, -0.2) is 19.0 Å². The summed E-state index contributed by atoms with van der Waals surface area (Å²) in [5.41, 5.74) is 5.64. The Hall–Kier alpha value is -2.49. The number of carbonyl (C=O) groups excluding carboxylic acids is 1. The lowest BCUT2D eigenvalue weighted by atomic mass is 10.1. The molecule has 0 spiro atoms. The van der Waals surface area contributed by atoms with Crippen LogP contribution >= 0.6 is 0 Å². The summed E-state index contributed by atoms with van der Waals surface area (Å²) in [7, 11) is 0. The summed E-state index contributed by atoms with van der Waals surface area (Å²) in [6.07, 6.45) is 0. The van der Waals surface area contributed by atoms with Gasteiger partial charge in [-0.15, -0.1) is 0 Å². The maximum absolute atomic E-state index is 12.5. The molecule has 1 aliphatic rings. The SMILES string of the molecule is Cc1ccc(NC(=O)c2cccc3c2NCCN3)c(C)c1. The van der Waals surface area contributed by atoms with Gasteiger partial charge in [-0.05, 0) is 37.6 Å². The molecule has 0 aliphatic carbocycles. The van der Waals surface area contributed by atoms with Crippen LogP contribution in [0.2, 0.25) is 0 Å². The first-order valence-electron chi connectivity index (χ1n) is 7.14. The standard InChI is InChI=1S/C17H19N3O/c1-11-6-7-14(12(2)10-11)20-17(21)13-4-3-5-15-16(13)19-9-8-18-15/h3-7,10,18-19H,8-9H2,1-2H3,(H,20,21). The van der Waals surface area contributed by atoms with Crippen molar-refractivity contribution < 1.29 is 4.79 Å². The van der Waals surface area contributed by atoms with E-state index in [9.17, 15) is 4.79 Å². The van der Waals surface area contributed by atoms with Gasteiger partial charge in [-0.25, -0.2) is 0 Å². The molecule has 4 nitrogen and oxygen atoms in total. The van der Waals surface area contributed by atoms with Crippen LogP contribution in [0, 0.1) is 13.8 Å². The van der Waals surface area contributed by atoms with Crippen molar-refractivity contribution in [1.82, 2.24) is 0 Å². The zero-order valence-corrected chi connectivity index (χ0v) is 12.3. The van der Waals surface area contributed by atoms with E-state index in [0.717, 1.165) is 35.7 Å². The van der Waals surface area contributed by atoms with Crippen LogP contribution in [0.15, 0.2) is 36.4 Å². The van der Waals surface area contributed by atoms with Gasteiger partial charge < -0.3 is 16.0 Å². The van der Waals surface area contributed by atoms with Gasteiger partial charge >= 0.3 is 0 Å². The zero-order chi connectivity index (χ0) is 14.8.